The molecule has 0 N–H and O–H groups in total. The van der Waals surface area contributed by atoms with E-state index in [0.717, 1.165) is 46.5 Å². The Kier molecular flexibility index (Phi) is 8.07. The fraction of sp³-hybridized carbons (Fsp3) is 0.0545. The van der Waals surface area contributed by atoms with Gasteiger partial charge >= 0.3 is 0 Å². The molecule has 9 aromatic carbocycles. The molecule has 57 heavy (non-hydrogen) atoms. The predicted octanol–water partition coefficient (Wildman–Crippen LogP) is 15.3. The van der Waals surface area contributed by atoms with Crippen molar-refractivity contribution in [3.8, 4) is 33.4 Å². The number of benzene rings is 9. The van der Waals surface area contributed by atoms with Crippen molar-refractivity contribution in [2.45, 2.75) is 18.8 Å². The van der Waals surface area contributed by atoms with E-state index in [4.69, 9.17) is 4.42 Å². The van der Waals surface area contributed by atoms with Crippen molar-refractivity contribution in [2.75, 3.05) is 4.90 Å². The molecule has 0 saturated heterocycles. The van der Waals surface area contributed by atoms with Gasteiger partial charge in [0.2, 0.25) is 0 Å². The Morgan fingerprint density at radius 3 is 1.88 bits per heavy atom. The van der Waals surface area contributed by atoms with E-state index in [2.05, 4.69) is 211 Å². The largest absolute Gasteiger partial charge is 0.456 e. The van der Waals surface area contributed by atoms with Gasteiger partial charge in [0.25, 0.3) is 0 Å². The zero-order valence-corrected chi connectivity index (χ0v) is 31.5. The zero-order chi connectivity index (χ0) is 37.7. The van der Waals surface area contributed by atoms with Gasteiger partial charge in [0, 0.05) is 39.3 Å². The van der Waals surface area contributed by atoms with Crippen LogP contribution in [0.1, 0.15) is 29.0 Å². The molecule has 1 unspecified atom stereocenters. The number of hydrogen-bond donors (Lipinski definition) is 0. The normalized spacial score (nSPS) is 13.6. The predicted molar refractivity (Wildman–Crippen MR) is 239 cm³/mol. The molecular formula is C55H39NO. The molecule has 270 valence electrons. The molecule has 1 aromatic heterocycles. The second-order valence-electron chi connectivity index (χ2n) is 15.2. The van der Waals surface area contributed by atoms with E-state index in [1.165, 1.54) is 66.2 Å². The van der Waals surface area contributed by atoms with E-state index in [1.807, 2.05) is 0 Å². The summed E-state index contributed by atoms with van der Waals surface area (Å²) >= 11 is 0. The Bertz CT molecular complexity index is 3050. The van der Waals surface area contributed by atoms with E-state index in [9.17, 15) is 0 Å². The molecule has 0 bridgehead atoms. The first kappa shape index (κ1) is 33.2. The minimum absolute atomic E-state index is 0.183. The van der Waals surface area contributed by atoms with E-state index in [0.29, 0.717) is 0 Å². The fourth-order valence-corrected chi connectivity index (χ4v) is 9.22. The van der Waals surface area contributed by atoms with Crippen LogP contribution in [0.15, 0.2) is 211 Å². The molecule has 0 saturated carbocycles. The van der Waals surface area contributed by atoms with Crippen molar-refractivity contribution in [1.29, 1.82) is 0 Å². The average molecular weight is 730 g/mol. The van der Waals surface area contributed by atoms with Gasteiger partial charge in [-0.25, -0.2) is 0 Å². The number of nitrogens with zero attached hydrogens (tertiary/aromatic N) is 1. The fourth-order valence-electron chi connectivity index (χ4n) is 9.22. The lowest BCUT2D eigenvalue weighted by Gasteiger charge is -2.27. The van der Waals surface area contributed by atoms with E-state index in [1.54, 1.807) is 0 Å². The molecule has 2 nitrogen and oxygen atoms in total. The summed E-state index contributed by atoms with van der Waals surface area (Å²) in [5, 5.41) is 4.81. The molecule has 1 aliphatic rings. The van der Waals surface area contributed by atoms with Gasteiger partial charge in [-0.1, -0.05) is 152 Å². The molecule has 0 aliphatic heterocycles. The van der Waals surface area contributed by atoms with E-state index in [-0.39, 0.29) is 5.92 Å². The number of hydrogen-bond acceptors (Lipinski definition) is 2. The number of furan rings is 1. The smallest absolute Gasteiger partial charge is 0.136 e. The van der Waals surface area contributed by atoms with Crippen molar-refractivity contribution in [1.82, 2.24) is 0 Å². The van der Waals surface area contributed by atoms with Gasteiger partial charge in [0.05, 0.1) is 0 Å². The van der Waals surface area contributed by atoms with Gasteiger partial charge in [-0.05, 0) is 123 Å². The average Bonchev–Trinajstić information content (AvgIpc) is 3.57. The third kappa shape index (κ3) is 5.81. The first-order valence-corrected chi connectivity index (χ1v) is 19.9. The lowest BCUT2D eigenvalue weighted by Crippen LogP contribution is -2.10. The van der Waals surface area contributed by atoms with Crippen LogP contribution in [0.2, 0.25) is 0 Å². The number of anilines is 3. The Hall–Kier alpha value is -7.16. The summed E-state index contributed by atoms with van der Waals surface area (Å²) < 4.78 is 6.63. The number of aryl methyl sites for hydroxylation is 1. The Morgan fingerprint density at radius 1 is 0.439 bits per heavy atom. The van der Waals surface area contributed by atoms with Crippen LogP contribution in [0.3, 0.4) is 0 Å². The second-order valence-corrected chi connectivity index (χ2v) is 15.2. The van der Waals surface area contributed by atoms with Crippen molar-refractivity contribution < 1.29 is 4.42 Å². The highest BCUT2D eigenvalue weighted by molar-refractivity contribution is 6.17. The summed E-state index contributed by atoms with van der Waals surface area (Å²) in [6.45, 7) is 0. The van der Waals surface area contributed by atoms with Crippen LogP contribution < -0.4 is 4.90 Å². The van der Waals surface area contributed by atoms with Crippen molar-refractivity contribution >= 4 is 49.8 Å². The summed E-state index contributed by atoms with van der Waals surface area (Å²) in [7, 11) is 0. The van der Waals surface area contributed by atoms with Gasteiger partial charge in [0.1, 0.15) is 11.2 Å². The minimum Gasteiger partial charge on any atom is -0.456 e. The summed E-state index contributed by atoms with van der Waals surface area (Å²) in [5.74, 6) is 0.183. The highest BCUT2D eigenvalue weighted by Crippen LogP contribution is 2.51. The molecule has 11 rings (SSSR count). The maximum absolute atomic E-state index is 6.63. The highest BCUT2D eigenvalue weighted by atomic mass is 16.3. The molecule has 1 atom stereocenters. The Labute approximate surface area is 332 Å². The van der Waals surface area contributed by atoms with Crippen LogP contribution in [0.4, 0.5) is 17.1 Å². The SMILES string of the molecule is c1ccc(-c2ccc3c(c2)C(c2ccc(N(c4ccccc4)c4ccc5ccccc5c4)cc2)CCc2cc4oc5ccccc5c4c(-c4ccccc4)c2-3)cc1. The quantitative estimate of drug-likeness (QED) is 0.169. The van der Waals surface area contributed by atoms with Gasteiger partial charge in [-0.15, -0.1) is 0 Å². The minimum atomic E-state index is 0.183. The maximum atomic E-state index is 6.63. The van der Waals surface area contributed by atoms with Gasteiger partial charge < -0.3 is 9.32 Å². The monoisotopic (exact) mass is 729 g/mol. The van der Waals surface area contributed by atoms with Crippen LogP contribution >= 0.6 is 0 Å². The standard InChI is InChI=1S/C55H39NO/c1-4-14-37(15-5-1)42-27-33-48-50(35-42)47(32-28-43-36-52-55(49-22-12-13-23-51(49)57-52)54(53(43)48)40-17-6-2-7-18-40)39-25-29-45(30-26-39)56(44-20-8-3-9-21-44)46-31-24-38-16-10-11-19-41(38)34-46/h1-27,29-31,33-36,47H,28,32H2. The van der Waals surface area contributed by atoms with Gasteiger partial charge in [-0.2, -0.15) is 0 Å². The molecular weight excluding hydrogens is 691 g/mol. The Balaban J connectivity index is 1.10. The number of fused-ring (bicyclic) bond motifs is 7. The first-order valence-electron chi connectivity index (χ1n) is 19.9. The molecule has 0 spiro atoms. The molecule has 2 heteroatoms. The zero-order valence-electron chi connectivity index (χ0n) is 31.5. The molecule has 0 amide bonds. The second kappa shape index (κ2) is 13.8. The van der Waals surface area contributed by atoms with Crippen molar-refractivity contribution in [2.24, 2.45) is 0 Å². The lowest BCUT2D eigenvalue weighted by molar-refractivity contribution is 0.667. The van der Waals surface area contributed by atoms with Crippen LogP contribution in [0.5, 0.6) is 0 Å². The lowest BCUT2D eigenvalue weighted by atomic mass is 9.82. The van der Waals surface area contributed by atoms with Crippen molar-refractivity contribution in [3.05, 3.63) is 223 Å². The molecule has 1 heterocycles. The number of para-hydroxylation sites is 2. The summed E-state index contributed by atoms with van der Waals surface area (Å²) in [5.41, 5.74) is 16.8. The number of rotatable bonds is 6. The van der Waals surface area contributed by atoms with Gasteiger partial charge in [-0.3, -0.25) is 0 Å². The first-order chi connectivity index (χ1) is 28.3. The van der Waals surface area contributed by atoms with Crippen LogP contribution in [-0.4, -0.2) is 0 Å². The molecule has 1 aliphatic carbocycles. The van der Waals surface area contributed by atoms with Crippen LogP contribution in [0.25, 0.3) is 66.1 Å². The Morgan fingerprint density at radius 2 is 1.09 bits per heavy atom. The third-order valence-corrected chi connectivity index (χ3v) is 11.9. The molecule has 10 aromatic rings. The topological polar surface area (TPSA) is 16.4 Å². The van der Waals surface area contributed by atoms with Crippen molar-refractivity contribution in [3.63, 3.8) is 0 Å². The molecule has 0 radical (unpaired) electrons. The third-order valence-electron chi connectivity index (χ3n) is 11.9. The maximum Gasteiger partial charge on any atom is 0.136 e. The summed E-state index contributed by atoms with van der Waals surface area (Å²) in [6.07, 6.45) is 1.90. The highest BCUT2D eigenvalue weighted by Gasteiger charge is 2.29. The van der Waals surface area contributed by atoms with E-state index >= 15 is 0 Å². The van der Waals surface area contributed by atoms with E-state index < -0.39 is 0 Å². The summed E-state index contributed by atoms with van der Waals surface area (Å²) in [4.78, 5) is 2.37. The van der Waals surface area contributed by atoms with Crippen LogP contribution in [0, 0.1) is 0 Å². The van der Waals surface area contributed by atoms with Crippen LogP contribution in [-0.2, 0) is 6.42 Å². The summed E-state index contributed by atoms with van der Waals surface area (Å²) in [6, 6.07) is 75.1. The molecule has 0 fully saturated rings. The van der Waals surface area contributed by atoms with Gasteiger partial charge in [0.15, 0.2) is 0 Å².